The van der Waals surface area contributed by atoms with Crippen LogP contribution in [0.1, 0.15) is 40.8 Å². The molecule has 0 aliphatic carbocycles. The molecule has 1 aliphatic rings. The standard InChI is InChI=1S/C28H33N3O6/c1-21(33)27(26(34)20-32)30-28(35)23-9-7-22(8-10-23)5-2-3-6-24-11-12-25(37-24)19-29-13-4-14-31-15-17-36-18-16-31/h7-12,21,27,29,32-33H,4,13-20H2,1H3,(H,30,35)/t21-,27+/m1/s1. The van der Waals surface area contributed by atoms with Gasteiger partial charge in [0.25, 0.3) is 5.91 Å². The molecule has 0 spiro atoms. The Hall–Kier alpha value is -3.44. The number of carbonyl (C=O) groups excluding carboxylic acids is 2. The molecule has 9 heteroatoms. The number of nitrogens with one attached hydrogen (secondary N) is 2. The first-order chi connectivity index (χ1) is 18.0. The molecule has 37 heavy (non-hydrogen) atoms. The maximum atomic E-state index is 12.3. The van der Waals surface area contributed by atoms with Crippen LogP contribution >= 0.6 is 0 Å². The van der Waals surface area contributed by atoms with E-state index in [9.17, 15) is 14.7 Å². The van der Waals surface area contributed by atoms with Crippen LogP contribution in [0.5, 0.6) is 0 Å². The molecule has 2 aromatic rings. The SMILES string of the molecule is C[C@@H](O)[C@H](NC(=O)c1ccc(C#CC#Cc2ccc(CNCCCN3CCOCC3)o2)cc1)C(=O)CO. The number of ether oxygens (including phenoxy) is 1. The van der Waals surface area contributed by atoms with E-state index in [0.717, 1.165) is 51.6 Å². The average Bonchev–Trinajstić information content (AvgIpc) is 3.37. The van der Waals surface area contributed by atoms with E-state index in [4.69, 9.17) is 14.3 Å². The third-order valence-corrected chi connectivity index (χ3v) is 5.77. The Labute approximate surface area is 217 Å². The molecule has 0 radical (unpaired) electrons. The van der Waals surface area contributed by atoms with Crippen LogP contribution in [-0.4, -0.2) is 84.9 Å². The fourth-order valence-corrected chi connectivity index (χ4v) is 3.70. The maximum Gasteiger partial charge on any atom is 0.251 e. The van der Waals surface area contributed by atoms with E-state index in [1.165, 1.54) is 6.92 Å². The van der Waals surface area contributed by atoms with E-state index in [2.05, 4.69) is 39.2 Å². The quantitative estimate of drug-likeness (QED) is 0.257. The molecule has 1 amide bonds. The molecule has 2 atom stereocenters. The summed E-state index contributed by atoms with van der Waals surface area (Å²) in [7, 11) is 0. The van der Waals surface area contributed by atoms with Crippen LogP contribution in [-0.2, 0) is 16.1 Å². The van der Waals surface area contributed by atoms with Gasteiger partial charge in [0.15, 0.2) is 11.5 Å². The third kappa shape index (κ3) is 9.51. The fraction of sp³-hybridized carbons (Fsp3) is 0.429. The molecule has 0 unspecified atom stereocenters. The van der Waals surface area contributed by atoms with Gasteiger partial charge >= 0.3 is 0 Å². The zero-order valence-corrected chi connectivity index (χ0v) is 21.0. The summed E-state index contributed by atoms with van der Waals surface area (Å²) in [6.07, 6.45) is -0.0557. The lowest BCUT2D eigenvalue weighted by Crippen LogP contribution is -2.48. The van der Waals surface area contributed by atoms with E-state index in [-0.39, 0.29) is 0 Å². The van der Waals surface area contributed by atoms with Crippen LogP contribution in [0.25, 0.3) is 0 Å². The number of hydrogen-bond donors (Lipinski definition) is 4. The van der Waals surface area contributed by atoms with Crippen molar-refractivity contribution in [1.82, 2.24) is 15.5 Å². The maximum absolute atomic E-state index is 12.3. The van der Waals surface area contributed by atoms with Gasteiger partial charge in [0, 0.05) is 24.2 Å². The third-order valence-electron chi connectivity index (χ3n) is 5.77. The number of rotatable bonds is 11. The lowest BCUT2D eigenvalue weighted by molar-refractivity contribution is -0.125. The second kappa shape index (κ2) is 15.0. The van der Waals surface area contributed by atoms with Crippen LogP contribution in [0, 0.1) is 23.7 Å². The highest BCUT2D eigenvalue weighted by molar-refractivity contribution is 5.98. The van der Waals surface area contributed by atoms with Gasteiger partial charge in [-0.15, -0.1) is 0 Å². The lowest BCUT2D eigenvalue weighted by Gasteiger charge is -2.26. The number of aliphatic hydroxyl groups is 2. The Bertz CT molecular complexity index is 1140. The molecule has 0 bridgehead atoms. The molecule has 3 rings (SSSR count). The Kier molecular flexibility index (Phi) is 11.4. The van der Waals surface area contributed by atoms with Gasteiger partial charge in [-0.3, -0.25) is 14.5 Å². The van der Waals surface area contributed by atoms with Gasteiger partial charge in [0.1, 0.15) is 18.4 Å². The van der Waals surface area contributed by atoms with Crippen LogP contribution < -0.4 is 10.6 Å². The molecule has 1 aromatic heterocycles. The van der Waals surface area contributed by atoms with E-state index >= 15 is 0 Å². The molecule has 1 aliphatic heterocycles. The Balaban J connectivity index is 1.42. The fourth-order valence-electron chi connectivity index (χ4n) is 3.70. The molecule has 1 saturated heterocycles. The summed E-state index contributed by atoms with van der Waals surface area (Å²) >= 11 is 0. The summed E-state index contributed by atoms with van der Waals surface area (Å²) in [5.41, 5.74) is 0.955. The minimum absolute atomic E-state index is 0.297. The molecule has 196 valence electrons. The summed E-state index contributed by atoms with van der Waals surface area (Å²) in [5.74, 6) is 11.5. The Morgan fingerprint density at radius 3 is 2.51 bits per heavy atom. The van der Waals surface area contributed by atoms with Crippen molar-refractivity contribution >= 4 is 11.7 Å². The van der Waals surface area contributed by atoms with Crippen molar-refractivity contribution in [1.29, 1.82) is 0 Å². The molecule has 4 N–H and O–H groups in total. The van der Waals surface area contributed by atoms with Crippen LogP contribution in [0.4, 0.5) is 0 Å². The topological polar surface area (TPSA) is 124 Å². The number of amides is 1. The number of carbonyl (C=O) groups is 2. The summed E-state index contributed by atoms with van der Waals surface area (Å²) < 4.78 is 11.1. The number of Topliss-reactive ketones (excluding diaryl/α,β-unsaturated/α-hetero) is 1. The van der Waals surface area contributed by atoms with Crippen LogP contribution in [0.3, 0.4) is 0 Å². The van der Waals surface area contributed by atoms with Crippen molar-refractivity contribution in [3.63, 3.8) is 0 Å². The van der Waals surface area contributed by atoms with Crippen molar-refractivity contribution in [3.05, 3.63) is 59.0 Å². The van der Waals surface area contributed by atoms with Gasteiger partial charge in [-0.25, -0.2) is 0 Å². The summed E-state index contributed by atoms with van der Waals surface area (Å²) in [6, 6.07) is 8.96. The van der Waals surface area contributed by atoms with Crippen molar-refractivity contribution < 1.29 is 29.0 Å². The first-order valence-electron chi connectivity index (χ1n) is 12.3. The second-order valence-electron chi connectivity index (χ2n) is 8.64. The normalized spacial score (nSPS) is 15.0. The first kappa shape index (κ1) is 28.1. The highest BCUT2D eigenvalue weighted by Crippen LogP contribution is 2.07. The van der Waals surface area contributed by atoms with Gasteiger partial charge in [-0.1, -0.05) is 5.92 Å². The Morgan fingerprint density at radius 1 is 1.08 bits per heavy atom. The minimum atomic E-state index is -1.18. The molecule has 1 fully saturated rings. The summed E-state index contributed by atoms with van der Waals surface area (Å²) in [6.45, 7) is 6.87. The molecular weight excluding hydrogens is 474 g/mol. The van der Waals surface area contributed by atoms with Crippen LogP contribution in [0.15, 0.2) is 40.8 Å². The zero-order chi connectivity index (χ0) is 26.5. The highest BCUT2D eigenvalue weighted by Gasteiger charge is 2.25. The van der Waals surface area contributed by atoms with E-state index in [1.54, 1.807) is 24.3 Å². The predicted molar refractivity (Wildman–Crippen MR) is 138 cm³/mol. The largest absolute Gasteiger partial charge is 0.451 e. The van der Waals surface area contributed by atoms with Crippen molar-refractivity contribution in [3.8, 4) is 23.7 Å². The number of furan rings is 1. The highest BCUT2D eigenvalue weighted by atomic mass is 16.5. The number of morpholine rings is 1. The smallest absolute Gasteiger partial charge is 0.251 e. The molecule has 9 nitrogen and oxygen atoms in total. The predicted octanol–water partition coefficient (Wildman–Crippen LogP) is 0.535. The molecule has 0 saturated carbocycles. The summed E-state index contributed by atoms with van der Waals surface area (Å²) in [5, 5.41) is 24.5. The molecular formula is C28H33N3O6. The lowest BCUT2D eigenvalue weighted by atomic mass is 10.1. The number of ketones is 1. The van der Waals surface area contributed by atoms with Gasteiger partial charge in [-0.2, -0.15) is 0 Å². The van der Waals surface area contributed by atoms with E-state index < -0.39 is 30.4 Å². The second-order valence-corrected chi connectivity index (χ2v) is 8.64. The minimum Gasteiger partial charge on any atom is -0.451 e. The summed E-state index contributed by atoms with van der Waals surface area (Å²) in [4.78, 5) is 26.4. The molecule has 1 aromatic carbocycles. The Morgan fingerprint density at radius 2 is 1.81 bits per heavy atom. The number of hydrogen-bond acceptors (Lipinski definition) is 8. The van der Waals surface area contributed by atoms with Crippen molar-refractivity contribution in [2.24, 2.45) is 0 Å². The monoisotopic (exact) mass is 507 g/mol. The number of benzene rings is 1. The van der Waals surface area contributed by atoms with Gasteiger partial charge in [0.2, 0.25) is 0 Å². The first-order valence-corrected chi connectivity index (χ1v) is 12.3. The van der Waals surface area contributed by atoms with Gasteiger partial charge in [-0.05, 0) is 80.6 Å². The van der Waals surface area contributed by atoms with Crippen molar-refractivity contribution in [2.45, 2.75) is 32.0 Å². The van der Waals surface area contributed by atoms with Gasteiger partial charge in [0.05, 0.1) is 25.9 Å². The number of nitrogens with zero attached hydrogens (tertiary/aromatic N) is 1. The van der Waals surface area contributed by atoms with E-state index in [1.807, 2.05) is 12.1 Å². The van der Waals surface area contributed by atoms with Gasteiger partial charge < -0.3 is 30.0 Å². The van der Waals surface area contributed by atoms with Crippen LogP contribution in [0.2, 0.25) is 0 Å². The van der Waals surface area contributed by atoms with Crippen molar-refractivity contribution in [2.75, 3.05) is 46.0 Å². The van der Waals surface area contributed by atoms with E-state index in [0.29, 0.717) is 23.4 Å². The molecule has 2 heterocycles. The average molecular weight is 508 g/mol. The number of aliphatic hydroxyl groups excluding tert-OH is 2. The zero-order valence-electron chi connectivity index (χ0n) is 21.0.